The van der Waals surface area contributed by atoms with Crippen molar-refractivity contribution in [3.8, 4) is 22.9 Å². The van der Waals surface area contributed by atoms with Gasteiger partial charge in [0, 0.05) is 38.8 Å². The van der Waals surface area contributed by atoms with Gasteiger partial charge in [-0.05, 0) is 49.2 Å². The molecular formula is C29H27ClN4O5. The van der Waals surface area contributed by atoms with E-state index in [4.69, 9.17) is 21.1 Å². The van der Waals surface area contributed by atoms with Gasteiger partial charge >= 0.3 is 5.97 Å². The zero-order chi connectivity index (χ0) is 28.3. The van der Waals surface area contributed by atoms with Crippen LogP contribution in [0.2, 0.25) is 5.02 Å². The van der Waals surface area contributed by atoms with E-state index in [0.717, 1.165) is 5.39 Å². The molecule has 0 aliphatic carbocycles. The maximum Gasteiger partial charge on any atom is 0.354 e. The van der Waals surface area contributed by atoms with E-state index in [1.807, 2.05) is 13.8 Å². The number of amides is 1. The largest absolute Gasteiger partial charge is 0.495 e. The lowest BCUT2D eigenvalue weighted by Gasteiger charge is -2.24. The van der Waals surface area contributed by atoms with Gasteiger partial charge in [0.05, 0.1) is 31.5 Å². The fourth-order valence-corrected chi connectivity index (χ4v) is 4.62. The lowest BCUT2D eigenvalue weighted by Crippen LogP contribution is -2.36. The number of nitrogens with zero attached hydrogens (tertiary/aromatic N) is 2. The van der Waals surface area contributed by atoms with E-state index in [1.165, 1.54) is 23.9 Å². The lowest BCUT2D eigenvalue weighted by atomic mass is 9.99. The molecule has 0 radical (unpaired) electrons. The van der Waals surface area contributed by atoms with Crippen molar-refractivity contribution in [3.63, 3.8) is 0 Å². The van der Waals surface area contributed by atoms with E-state index in [0.29, 0.717) is 44.4 Å². The molecule has 200 valence electrons. The number of carbonyl (C=O) groups excluding carboxylic acids is 2. The zero-order valence-electron chi connectivity index (χ0n) is 21.9. The second-order valence-electron chi connectivity index (χ2n) is 9.19. The zero-order valence-corrected chi connectivity index (χ0v) is 22.6. The molecule has 1 atom stereocenters. The van der Waals surface area contributed by atoms with Crippen LogP contribution in [-0.4, -0.2) is 35.1 Å². The molecule has 0 aliphatic rings. The number of nitriles is 1. The van der Waals surface area contributed by atoms with Crippen molar-refractivity contribution < 1.29 is 19.1 Å². The fraction of sp³-hybridized carbons (Fsp3) is 0.241. The van der Waals surface area contributed by atoms with E-state index in [1.54, 1.807) is 49.4 Å². The average Bonchev–Trinajstić information content (AvgIpc) is 3.33. The van der Waals surface area contributed by atoms with Crippen molar-refractivity contribution in [2.75, 3.05) is 19.0 Å². The molecule has 0 saturated heterocycles. The van der Waals surface area contributed by atoms with E-state index < -0.39 is 23.5 Å². The molecule has 1 amide bonds. The Morgan fingerprint density at radius 2 is 1.90 bits per heavy atom. The molecule has 0 aliphatic heterocycles. The molecule has 10 heteroatoms. The Hall–Kier alpha value is -4.55. The van der Waals surface area contributed by atoms with Crippen LogP contribution in [0, 0.1) is 17.2 Å². The number of benzene rings is 2. The fourth-order valence-electron chi connectivity index (χ4n) is 4.45. The Kier molecular flexibility index (Phi) is 8.07. The maximum atomic E-state index is 13.5. The van der Waals surface area contributed by atoms with Gasteiger partial charge in [0.1, 0.15) is 17.5 Å². The second-order valence-corrected chi connectivity index (χ2v) is 9.62. The first kappa shape index (κ1) is 27.5. The molecular weight excluding hydrogens is 520 g/mol. The Balaban J connectivity index is 1.69. The van der Waals surface area contributed by atoms with Gasteiger partial charge in [-0.3, -0.25) is 14.2 Å². The molecule has 2 aromatic carbocycles. The van der Waals surface area contributed by atoms with Crippen LogP contribution in [0.25, 0.3) is 22.0 Å². The smallest absolute Gasteiger partial charge is 0.354 e. The number of esters is 1. The quantitative estimate of drug-likeness (QED) is 0.279. The number of aromatic nitrogens is 2. The summed E-state index contributed by atoms with van der Waals surface area (Å²) in [7, 11) is 1.45. The van der Waals surface area contributed by atoms with Crippen molar-refractivity contribution in [3.05, 3.63) is 81.4 Å². The van der Waals surface area contributed by atoms with Gasteiger partial charge in [-0.15, -0.1) is 0 Å². The van der Waals surface area contributed by atoms with E-state index in [-0.39, 0.29) is 12.5 Å². The number of hydrogen-bond donors (Lipinski definition) is 2. The predicted octanol–water partition coefficient (Wildman–Crippen LogP) is 5.54. The summed E-state index contributed by atoms with van der Waals surface area (Å²) < 4.78 is 11.9. The highest BCUT2D eigenvalue weighted by Crippen LogP contribution is 2.34. The summed E-state index contributed by atoms with van der Waals surface area (Å²) >= 11 is 6.16. The van der Waals surface area contributed by atoms with Crippen molar-refractivity contribution in [2.24, 2.45) is 5.92 Å². The van der Waals surface area contributed by atoms with Gasteiger partial charge in [0.2, 0.25) is 5.91 Å². The van der Waals surface area contributed by atoms with Gasteiger partial charge in [-0.2, -0.15) is 5.26 Å². The van der Waals surface area contributed by atoms with E-state index in [9.17, 15) is 19.6 Å². The minimum absolute atomic E-state index is 0.260. The summed E-state index contributed by atoms with van der Waals surface area (Å²) in [6.07, 6.45) is 1.48. The van der Waals surface area contributed by atoms with Crippen LogP contribution in [0.15, 0.2) is 59.5 Å². The monoisotopic (exact) mass is 546 g/mol. The van der Waals surface area contributed by atoms with E-state index in [2.05, 4.69) is 16.4 Å². The van der Waals surface area contributed by atoms with Crippen molar-refractivity contribution in [2.45, 2.75) is 26.8 Å². The standard InChI is InChI=1S/C29H27ClN4O5/c1-5-39-29(37)24-10-17-7-9-20(12-23(17)33-24)32-28(36)27(16(2)3)34-15-25(38-4)22(13-26(34)35)21-11-19(30)8-6-18(21)14-31/h6-13,15-16,27,33H,5H2,1-4H3,(H,32,36). The minimum atomic E-state index is -0.871. The number of rotatable bonds is 8. The Morgan fingerprint density at radius 1 is 1.13 bits per heavy atom. The highest BCUT2D eigenvalue weighted by molar-refractivity contribution is 6.31. The molecule has 0 fully saturated rings. The van der Waals surface area contributed by atoms with Gasteiger partial charge in [0.25, 0.3) is 5.56 Å². The number of hydrogen-bond acceptors (Lipinski definition) is 6. The average molecular weight is 547 g/mol. The van der Waals surface area contributed by atoms with E-state index >= 15 is 0 Å². The summed E-state index contributed by atoms with van der Waals surface area (Å²) in [5.41, 5.74) is 2.20. The van der Waals surface area contributed by atoms with Crippen molar-refractivity contribution in [1.82, 2.24) is 9.55 Å². The molecule has 0 saturated carbocycles. The third-order valence-electron chi connectivity index (χ3n) is 6.24. The molecule has 2 N–H and O–H groups in total. The SMILES string of the molecule is CCOC(=O)c1cc2ccc(NC(=O)C(C(C)C)n3cc(OC)c(-c4cc(Cl)ccc4C#N)cc3=O)cc2[nH]1. The van der Waals surface area contributed by atoms with Gasteiger partial charge in [-0.1, -0.05) is 31.5 Å². The molecule has 2 aromatic heterocycles. The number of H-pyrrole nitrogens is 1. The third kappa shape index (κ3) is 5.66. The second kappa shape index (κ2) is 11.5. The molecule has 4 aromatic rings. The maximum absolute atomic E-state index is 13.5. The number of pyridine rings is 1. The molecule has 39 heavy (non-hydrogen) atoms. The van der Waals surface area contributed by atoms with Crippen LogP contribution in [0.4, 0.5) is 5.69 Å². The summed E-state index contributed by atoms with van der Waals surface area (Å²) in [5.74, 6) is -0.815. The van der Waals surface area contributed by atoms with Gasteiger partial charge in [0.15, 0.2) is 0 Å². The summed E-state index contributed by atoms with van der Waals surface area (Å²) in [5, 5.41) is 13.6. The molecule has 1 unspecified atom stereocenters. The highest BCUT2D eigenvalue weighted by Gasteiger charge is 2.27. The number of nitrogens with one attached hydrogen (secondary N) is 2. The molecule has 9 nitrogen and oxygen atoms in total. The number of carbonyl (C=O) groups is 2. The summed E-state index contributed by atoms with van der Waals surface area (Å²) in [6.45, 7) is 5.66. The molecule has 0 bridgehead atoms. The van der Waals surface area contributed by atoms with Crippen LogP contribution in [0.3, 0.4) is 0 Å². The van der Waals surface area contributed by atoms with Crippen LogP contribution >= 0.6 is 11.6 Å². The predicted molar refractivity (Wildman–Crippen MR) is 149 cm³/mol. The van der Waals surface area contributed by atoms with Crippen LogP contribution in [0.1, 0.15) is 42.9 Å². The number of halogens is 1. The number of anilines is 1. The normalized spacial score (nSPS) is 11.7. The number of ether oxygens (including phenoxy) is 2. The summed E-state index contributed by atoms with van der Waals surface area (Å²) in [6, 6.07) is 14.2. The van der Waals surface area contributed by atoms with Crippen molar-refractivity contribution in [1.29, 1.82) is 5.26 Å². The highest BCUT2D eigenvalue weighted by atomic mass is 35.5. The topological polar surface area (TPSA) is 126 Å². The molecule has 2 heterocycles. The summed E-state index contributed by atoms with van der Waals surface area (Å²) in [4.78, 5) is 41.9. The number of fused-ring (bicyclic) bond motifs is 1. The number of methoxy groups -OCH3 is 1. The number of aromatic amines is 1. The van der Waals surface area contributed by atoms with Gasteiger partial charge < -0.3 is 19.8 Å². The first-order valence-corrected chi connectivity index (χ1v) is 12.7. The Labute approximate surface area is 229 Å². The van der Waals surface area contributed by atoms with Crippen LogP contribution in [-0.2, 0) is 9.53 Å². The Bertz CT molecular complexity index is 1660. The lowest BCUT2D eigenvalue weighted by molar-refractivity contribution is -0.120. The van der Waals surface area contributed by atoms with Gasteiger partial charge in [-0.25, -0.2) is 4.79 Å². The van der Waals surface area contributed by atoms with Crippen molar-refractivity contribution >= 4 is 40.1 Å². The third-order valence-corrected chi connectivity index (χ3v) is 6.48. The molecule has 4 rings (SSSR count). The van der Waals surface area contributed by atoms with Crippen LogP contribution < -0.4 is 15.6 Å². The Morgan fingerprint density at radius 3 is 2.56 bits per heavy atom. The minimum Gasteiger partial charge on any atom is -0.495 e. The first-order chi connectivity index (χ1) is 18.7. The van der Waals surface area contributed by atoms with Crippen LogP contribution in [0.5, 0.6) is 5.75 Å². The first-order valence-electron chi connectivity index (χ1n) is 12.3. The molecule has 0 spiro atoms.